The highest BCUT2D eigenvalue weighted by atomic mass is 15.2. The van der Waals surface area contributed by atoms with Gasteiger partial charge < -0.3 is 5.32 Å². The molecule has 1 fully saturated rings. The van der Waals surface area contributed by atoms with Gasteiger partial charge in [0.1, 0.15) is 0 Å². The molecule has 14 heavy (non-hydrogen) atoms. The van der Waals surface area contributed by atoms with Crippen LogP contribution in [-0.4, -0.2) is 37.1 Å². The van der Waals surface area contributed by atoms with Crippen molar-refractivity contribution in [3.8, 4) is 0 Å². The van der Waals surface area contributed by atoms with Crippen LogP contribution in [-0.2, 0) is 0 Å². The predicted molar refractivity (Wildman–Crippen MR) is 62.6 cm³/mol. The highest BCUT2D eigenvalue weighted by molar-refractivity contribution is 4.84. The molecule has 0 amide bonds. The summed E-state index contributed by atoms with van der Waals surface area (Å²) in [6, 6.07) is 0.817. The molecule has 1 heterocycles. The Morgan fingerprint density at radius 1 is 1.21 bits per heavy atom. The first-order valence-electron chi connectivity index (χ1n) is 5.97. The van der Waals surface area contributed by atoms with E-state index >= 15 is 0 Å². The maximum absolute atomic E-state index is 3.36. The van der Waals surface area contributed by atoms with Gasteiger partial charge in [-0.05, 0) is 31.3 Å². The minimum absolute atomic E-state index is 0.475. The fourth-order valence-electron chi connectivity index (χ4n) is 1.77. The number of rotatable bonds is 5. The van der Waals surface area contributed by atoms with E-state index in [1.165, 1.54) is 39.0 Å². The van der Waals surface area contributed by atoms with Gasteiger partial charge in [-0.2, -0.15) is 0 Å². The highest BCUT2D eigenvalue weighted by Crippen LogP contribution is 2.20. The number of hydrogen-bond donors (Lipinski definition) is 1. The maximum atomic E-state index is 3.36. The average Bonchev–Trinajstić information content (AvgIpc) is 1.95. The molecule has 1 rings (SSSR count). The van der Waals surface area contributed by atoms with Crippen molar-refractivity contribution in [2.75, 3.05) is 26.2 Å². The van der Waals surface area contributed by atoms with Gasteiger partial charge in [-0.3, -0.25) is 4.90 Å². The van der Waals surface area contributed by atoms with E-state index < -0.39 is 0 Å². The Balaban J connectivity index is 2.27. The van der Waals surface area contributed by atoms with Crippen LogP contribution < -0.4 is 5.32 Å². The minimum Gasteiger partial charge on any atom is -0.314 e. The van der Waals surface area contributed by atoms with Crippen LogP contribution in [0.2, 0.25) is 0 Å². The Hall–Kier alpha value is -0.0800. The molecule has 0 bridgehead atoms. The van der Waals surface area contributed by atoms with E-state index in [2.05, 4.69) is 37.9 Å². The second-order valence-electron chi connectivity index (χ2n) is 5.66. The van der Waals surface area contributed by atoms with Crippen LogP contribution in [0.1, 0.15) is 40.5 Å². The SMILES string of the molecule is CCCN(CCC(C)(C)C)C1CNC1. The zero-order valence-corrected chi connectivity index (χ0v) is 10.3. The van der Waals surface area contributed by atoms with Crippen LogP contribution >= 0.6 is 0 Å². The molecule has 0 saturated carbocycles. The molecule has 0 aromatic carbocycles. The summed E-state index contributed by atoms with van der Waals surface area (Å²) in [5, 5.41) is 3.36. The van der Waals surface area contributed by atoms with Crippen LogP contribution in [0, 0.1) is 5.41 Å². The quantitative estimate of drug-likeness (QED) is 0.728. The van der Waals surface area contributed by atoms with Gasteiger partial charge in [-0.25, -0.2) is 0 Å². The van der Waals surface area contributed by atoms with E-state index in [-0.39, 0.29) is 0 Å². The first-order chi connectivity index (χ1) is 6.53. The summed E-state index contributed by atoms with van der Waals surface area (Å²) < 4.78 is 0. The summed E-state index contributed by atoms with van der Waals surface area (Å²) in [6.45, 7) is 14.2. The molecule has 2 nitrogen and oxygen atoms in total. The van der Waals surface area contributed by atoms with Gasteiger partial charge in [-0.15, -0.1) is 0 Å². The topological polar surface area (TPSA) is 15.3 Å². The van der Waals surface area contributed by atoms with E-state index in [0.717, 1.165) is 6.04 Å². The lowest BCUT2D eigenvalue weighted by molar-refractivity contribution is 0.128. The first-order valence-corrected chi connectivity index (χ1v) is 5.97. The van der Waals surface area contributed by atoms with Crippen molar-refractivity contribution in [2.24, 2.45) is 5.41 Å². The molecule has 0 aromatic heterocycles. The van der Waals surface area contributed by atoms with Gasteiger partial charge in [0.25, 0.3) is 0 Å². The van der Waals surface area contributed by atoms with E-state index in [9.17, 15) is 0 Å². The molecule has 1 aliphatic heterocycles. The summed E-state index contributed by atoms with van der Waals surface area (Å²) in [5.41, 5.74) is 0.475. The lowest BCUT2D eigenvalue weighted by Gasteiger charge is -2.39. The lowest BCUT2D eigenvalue weighted by atomic mass is 9.91. The highest BCUT2D eigenvalue weighted by Gasteiger charge is 2.24. The summed E-state index contributed by atoms with van der Waals surface area (Å²) >= 11 is 0. The molecular weight excluding hydrogens is 172 g/mol. The molecule has 0 spiro atoms. The molecule has 0 aliphatic carbocycles. The van der Waals surface area contributed by atoms with Crippen LogP contribution in [0.3, 0.4) is 0 Å². The van der Waals surface area contributed by atoms with Crippen LogP contribution in [0.15, 0.2) is 0 Å². The largest absolute Gasteiger partial charge is 0.314 e. The van der Waals surface area contributed by atoms with Gasteiger partial charge in [-0.1, -0.05) is 27.7 Å². The molecule has 1 aliphatic rings. The predicted octanol–water partition coefficient (Wildman–Crippen LogP) is 2.11. The van der Waals surface area contributed by atoms with E-state index in [0.29, 0.717) is 5.41 Å². The number of nitrogens with one attached hydrogen (secondary N) is 1. The Kier molecular flexibility index (Phi) is 4.39. The van der Waals surface area contributed by atoms with Crippen LogP contribution in [0.4, 0.5) is 0 Å². The van der Waals surface area contributed by atoms with Gasteiger partial charge in [0.2, 0.25) is 0 Å². The normalized spacial score (nSPS) is 18.6. The zero-order valence-electron chi connectivity index (χ0n) is 10.3. The second kappa shape index (κ2) is 5.13. The molecule has 84 valence electrons. The molecule has 0 unspecified atom stereocenters. The van der Waals surface area contributed by atoms with Crippen molar-refractivity contribution < 1.29 is 0 Å². The molecule has 1 N–H and O–H groups in total. The second-order valence-corrected chi connectivity index (χ2v) is 5.66. The fourth-order valence-corrected chi connectivity index (χ4v) is 1.77. The van der Waals surface area contributed by atoms with Gasteiger partial charge in [0.05, 0.1) is 0 Å². The third-order valence-electron chi connectivity index (χ3n) is 2.94. The zero-order chi connectivity index (χ0) is 10.6. The lowest BCUT2D eigenvalue weighted by Crippen LogP contribution is -2.57. The molecule has 1 saturated heterocycles. The Bertz CT molecular complexity index is 156. The summed E-state index contributed by atoms with van der Waals surface area (Å²) in [5.74, 6) is 0. The van der Waals surface area contributed by atoms with Gasteiger partial charge >= 0.3 is 0 Å². The summed E-state index contributed by atoms with van der Waals surface area (Å²) in [6.07, 6.45) is 2.59. The number of nitrogens with zero attached hydrogens (tertiary/aromatic N) is 1. The molecule has 2 heteroatoms. The summed E-state index contributed by atoms with van der Waals surface area (Å²) in [7, 11) is 0. The molecular formula is C12H26N2. The third kappa shape index (κ3) is 3.97. The van der Waals surface area contributed by atoms with Crippen LogP contribution in [0.25, 0.3) is 0 Å². The van der Waals surface area contributed by atoms with E-state index in [1.54, 1.807) is 0 Å². The van der Waals surface area contributed by atoms with Gasteiger partial charge in [0.15, 0.2) is 0 Å². The van der Waals surface area contributed by atoms with Crippen LogP contribution in [0.5, 0.6) is 0 Å². The van der Waals surface area contributed by atoms with E-state index in [1.807, 2.05) is 0 Å². The van der Waals surface area contributed by atoms with E-state index in [4.69, 9.17) is 0 Å². The monoisotopic (exact) mass is 198 g/mol. The van der Waals surface area contributed by atoms with Crippen molar-refractivity contribution in [2.45, 2.75) is 46.6 Å². The fraction of sp³-hybridized carbons (Fsp3) is 1.00. The molecule has 0 radical (unpaired) electrons. The Morgan fingerprint density at radius 2 is 1.86 bits per heavy atom. The average molecular weight is 198 g/mol. The van der Waals surface area contributed by atoms with Crippen molar-refractivity contribution in [1.82, 2.24) is 10.2 Å². The third-order valence-corrected chi connectivity index (χ3v) is 2.94. The first kappa shape index (κ1) is 12.0. The Labute approximate surface area is 89.1 Å². The minimum atomic E-state index is 0.475. The van der Waals surface area contributed by atoms with Crippen molar-refractivity contribution in [3.05, 3.63) is 0 Å². The van der Waals surface area contributed by atoms with Crippen molar-refractivity contribution in [1.29, 1.82) is 0 Å². The molecule has 0 atom stereocenters. The van der Waals surface area contributed by atoms with Gasteiger partial charge in [0, 0.05) is 19.1 Å². The molecule has 0 aromatic rings. The smallest absolute Gasteiger partial charge is 0.0345 e. The maximum Gasteiger partial charge on any atom is 0.0345 e. The van der Waals surface area contributed by atoms with Crippen molar-refractivity contribution >= 4 is 0 Å². The standard InChI is InChI=1S/C12H26N2/c1-5-7-14(11-9-13-10-11)8-6-12(2,3)4/h11,13H,5-10H2,1-4H3. The summed E-state index contributed by atoms with van der Waals surface area (Å²) in [4.78, 5) is 2.65. The van der Waals surface area contributed by atoms with Crippen molar-refractivity contribution in [3.63, 3.8) is 0 Å². The number of hydrogen-bond acceptors (Lipinski definition) is 2. The Morgan fingerprint density at radius 3 is 2.21 bits per heavy atom.